The molecule has 176 valence electrons. The molecule has 0 amide bonds. The Balaban J connectivity index is 1.47. The average Bonchev–Trinajstić information content (AvgIpc) is 3.44. The summed E-state index contributed by atoms with van der Waals surface area (Å²) < 4.78 is 35.6. The monoisotopic (exact) mass is 489 g/mol. The third kappa shape index (κ3) is 4.38. The Hall–Kier alpha value is -1.37. The van der Waals surface area contributed by atoms with Gasteiger partial charge >= 0.3 is 7.82 Å². The summed E-state index contributed by atoms with van der Waals surface area (Å²) in [5.74, 6) is -0.346. The molecule has 3 fully saturated rings. The molecule has 1 saturated carbocycles. The molecular weight excluding hydrogens is 465 g/mol. The van der Waals surface area contributed by atoms with Crippen LogP contribution in [0.5, 0.6) is 0 Å². The predicted molar refractivity (Wildman–Crippen MR) is 112 cm³/mol. The number of aromatic nitrogens is 4. The summed E-state index contributed by atoms with van der Waals surface area (Å²) in [5, 5.41) is 3.49. The highest BCUT2D eigenvalue weighted by Gasteiger charge is 2.56. The van der Waals surface area contributed by atoms with Gasteiger partial charge in [-0.25, -0.2) is 9.55 Å². The van der Waals surface area contributed by atoms with Crippen molar-refractivity contribution >= 4 is 36.4 Å². The third-order valence-electron chi connectivity index (χ3n) is 5.90. The van der Waals surface area contributed by atoms with Gasteiger partial charge in [0, 0.05) is 6.04 Å². The van der Waals surface area contributed by atoms with Crippen LogP contribution in [0, 0.1) is 0 Å². The van der Waals surface area contributed by atoms with Gasteiger partial charge in [-0.1, -0.05) is 12.8 Å². The number of nitrogens with one attached hydrogen (secondary N) is 1. The number of phosphoric acid groups is 1. The molecule has 1 aliphatic carbocycles. The zero-order chi connectivity index (χ0) is 22.7. The van der Waals surface area contributed by atoms with Gasteiger partial charge in [0.2, 0.25) is 5.28 Å². The number of hydrogen-bond donors (Lipinski definition) is 3. The van der Waals surface area contributed by atoms with Gasteiger partial charge in [0.1, 0.15) is 18.3 Å². The molecule has 2 aromatic heterocycles. The summed E-state index contributed by atoms with van der Waals surface area (Å²) >= 11 is 6.22. The van der Waals surface area contributed by atoms with Gasteiger partial charge in [0.25, 0.3) is 0 Å². The number of anilines is 1. The molecule has 3 aliphatic rings. The van der Waals surface area contributed by atoms with Crippen molar-refractivity contribution in [2.75, 3.05) is 11.9 Å². The molecular formula is C18H25ClN5O7P. The summed E-state index contributed by atoms with van der Waals surface area (Å²) in [5.41, 5.74) is 1.01. The van der Waals surface area contributed by atoms with E-state index in [0.29, 0.717) is 23.0 Å². The van der Waals surface area contributed by atoms with Crippen LogP contribution in [-0.4, -0.2) is 66.1 Å². The molecule has 2 aromatic rings. The van der Waals surface area contributed by atoms with Crippen molar-refractivity contribution in [2.24, 2.45) is 0 Å². The molecule has 0 unspecified atom stereocenters. The smallest absolute Gasteiger partial charge is 0.365 e. The SMILES string of the molecule is CC1(C)O[C@@H]2[C@H](O1)[C@@H](COP(=O)(O)O)O[C@H]2n1cnc2c(NC3CCCC3)nc(Cl)nc21. The highest BCUT2D eigenvalue weighted by molar-refractivity contribution is 7.46. The van der Waals surface area contributed by atoms with Gasteiger partial charge in [0.05, 0.1) is 12.9 Å². The molecule has 12 nitrogen and oxygen atoms in total. The van der Waals surface area contributed by atoms with E-state index in [1.807, 2.05) is 0 Å². The maximum absolute atomic E-state index is 11.2. The first-order valence-corrected chi connectivity index (χ1v) is 12.4. The second kappa shape index (κ2) is 8.14. The number of nitrogens with zero attached hydrogens (tertiary/aromatic N) is 4. The van der Waals surface area contributed by atoms with E-state index in [1.54, 1.807) is 24.7 Å². The van der Waals surface area contributed by atoms with E-state index < -0.39 is 38.1 Å². The fourth-order valence-corrected chi connectivity index (χ4v) is 5.13. The zero-order valence-corrected chi connectivity index (χ0v) is 19.2. The first-order valence-electron chi connectivity index (χ1n) is 10.5. The Kier molecular flexibility index (Phi) is 5.70. The highest BCUT2D eigenvalue weighted by atomic mass is 35.5. The minimum atomic E-state index is -4.68. The molecule has 3 N–H and O–H groups in total. The largest absolute Gasteiger partial charge is 0.469 e. The summed E-state index contributed by atoms with van der Waals surface area (Å²) in [6.07, 6.45) is 3.34. The Morgan fingerprint density at radius 2 is 2.00 bits per heavy atom. The van der Waals surface area contributed by atoms with E-state index in [-0.39, 0.29) is 11.9 Å². The lowest BCUT2D eigenvalue weighted by molar-refractivity contribution is -0.199. The van der Waals surface area contributed by atoms with Crippen molar-refractivity contribution < 1.29 is 33.1 Å². The molecule has 0 spiro atoms. The van der Waals surface area contributed by atoms with E-state index in [9.17, 15) is 4.57 Å². The third-order valence-corrected chi connectivity index (χ3v) is 6.55. The maximum Gasteiger partial charge on any atom is 0.469 e. The average molecular weight is 490 g/mol. The van der Waals surface area contributed by atoms with Gasteiger partial charge < -0.3 is 29.3 Å². The van der Waals surface area contributed by atoms with Crippen LogP contribution in [0.2, 0.25) is 5.28 Å². The van der Waals surface area contributed by atoms with Crippen molar-refractivity contribution in [1.29, 1.82) is 0 Å². The first kappa shape index (κ1) is 22.4. The number of ether oxygens (including phenoxy) is 3. The lowest BCUT2D eigenvalue weighted by Crippen LogP contribution is -2.32. The van der Waals surface area contributed by atoms with Crippen LogP contribution in [0.4, 0.5) is 5.82 Å². The fourth-order valence-electron chi connectivity index (χ4n) is 4.63. The lowest BCUT2D eigenvalue weighted by Gasteiger charge is -2.24. The summed E-state index contributed by atoms with van der Waals surface area (Å²) in [6, 6.07) is 0.308. The van der Waals surface area contributed by atoms with Gasteiger partial charge in [-0.3, -0.25) is 9.09 Å². The number of halogens is 1. The summed E-state index contributed by atoms with van der Waals surface area (Å²) in [7, 11) is -4.68. The van der Waals surface area contributed by atoms with Gasteiger partial charge in [0.15, 0.2) is 29.0 Å². The van der Waals surface area contributed by atoms with E-state index in [4.69, 9.17) is 35.6 Å². The van der Waals surface area contributed by atoms with Gasteiger partial charge in [-0.15, -0.1) is 0 Å². The minimum absolute atomic E-state index is 0.0691. The van der Waals surface area contributed by atoms with Crippen LogP contribution in [0.3, 0.4) is 0 Å². The van der Waals surface area contributed by atoms with Crippen molar-refractivity contribution in [3.63, 3.8) is 0 Å². The molecule has 4 heterocycles. The number of rotatable bonds is 6. The molecule has 32 heavy (non-hydrogen) atoms. The van der Waals surface area contributed by atoms with Crippen molar-refractivity contribution in [2.45, 2.75) is 75.9 Å². The second-order valence-corrected chi connectivity index (χ2v) is 10.3. The Morgan fingerprint density at radius 3 is 2.72 bits per heavy atom. The minimum Gasteiger partial charge on any atom is -0.365 e. The van der Waals surface area contributed by atoms with Crippen LogP contribution in [0.25, 0.3) is 11.2 Å². The van der Waals surface area contributed by atoms with Crippen LogP contribution in [0.15, 0.2) is 6.33 Å². The number of fused-ring (bicyclic) bond motifs is 2. The van der Waals surface area contributed by atoms with E-state index in [1.165, 1.54) is 0 Å². The highest BCUT2D eigenvalue weighted by Crippen LogP contribution is 2.46. The van der Waals surface area contributed by atoms with Crippen LogP contribution < -0.4 is 5.32 Å². The molecule has 2 aliphatic heterocycles. The fraction of sp³-hybridized carbons (Fsp3) is 0.722. The number of hydrogen-bond acceptors (Lipinski definition) is 9. The number of phosphoric ester groups is 1. The van der Waals surface area contributed by atoms with Crippen LogP contribution in [0.1, 0.15) is 45.8 Å². The predicted octanol–water partition coefficient (Wildman–Crippen LogP) is 2.36. The molecule has 5 rings (SSSR count). The summed E-state index contributed by atoms with van der Waals surface area (Å²) in [6.45, 7) is 3.16. The molecule has 0 aromatic carbocycles. The Labute approximate surface area is 188 Å². The normalized spacial score (nSPS) is 30.3. The van der Waals surface area contributed by atoms with Gasteiger partial charge in [-0.05, 0) is 38.3 Å². The molecule has 0 bridgehead atoms. The van der Waals surface area contributed by atoms with Crippen LogP contribution >= 0.6 is 19.4 Å². The summed E-state index contributed by atoms with van der Waals surface area (Å²) in [4.78, 5) is 31.4. The zero-order valence-electron chi connectivity index (χ0n) is 17.5. The van der Waals surface area contributed by atoms with Crippen molar-refractivity contribution in [3.8, 4) is 0 Å². The standard InChI is InChI=1S/C18H25ClN5O7P/c1-18(2)30-12-10(7-28-32(25,26)27)29-16(13(12)31-18)24-8-20-11-14(21-9-5-3-4-6-9)22-17(19)23-15(11)24/h8-10,12-13,16H,3-7H2,1-2H3,(H,21,22,23)(H2,25,26,27)/t10-,12-,13-,16-/m1/s1. The Bertz CT molecular complexity index is 1060. The molecule has 0 radical (unpaired) electrons. The van der Waals surface area contributed by atoms with E-state index in [2.05, 4.69) is 24.8 Å². The van der Waals surface area contributed by atoms with Gasteiger partial charge in [-0.2, -0.15) is 9.97 Å². The lowest BCUT2D eigenvalue weighted by atomic mass is 10.1. The number of imidazole rings is 1. The maximum atomic E-state index is 11.2. The van der Waals surface area contributed by atoms with E-state index in [0.717, 1.165) is 25.7 Å². The van der Waals surface area contributed by atoms with Crippen molar-refractivity contribution in [1.82, 2.24) is 19.5 Å². The molecule has 14 heteroatoms. The quantitative estimate of drug-likeness (QED) is 0.405. The van der Waals surface area contributed by atoms with Crippen LogP contribution in [-0.2, 0) is 23.3 Å². The van der Waals surface area contributed by atoms with E-state index >= 15 is 0 Å². The first-order chi connectivity index (χ1) is 15.1. The second-order valence-electron chi connectivity index (χ2n) is 8.71. The topological polar surface area (TPSA) is 150 Å². The molecule has 2 saturated heterocycles. The molecule has 4 atom stereocenters. The Morgan fingerprint density at radius 1 is 1.28 bits per heavy atom. The van der Waals surface area contributed by atoms with Crippen molar-refractivity contribution in [3.05, 3.63) is 11.6 Å².